The highest BCUT2D eigenvalue weighted by atomic mass is 16.2. The van der Waals surface area contributed by atoms with E-state index >= 15 is 0 Å². The van der Waals surface area contributed by atoms with E-state index in [4.69, 9.17) is 0 Å². The van der Waals surface area contributed by atoms with Crippen molar-refractivity contribution in [3.05, 3.63) is 70.4 Å². The molecule has 23 heavy (non-hydrogen) atoms. The van der Waals surface area contributed by atoms with E-state index in [1.165, 1.54) is 11.0 Å². The summed E-state index contributed by atoms with van der Waals surface area (Å²) < 4.78 is 2.85. The van der Waals surface area contributed by atoms with E-state index < -0.39 is 6.04 Å². The van der Waals surface area contributed by atoms with Gasteiger partial charge in [-0.05, 0) is 37.1 Å². The first kappa shape index (κ1) is 15.0. The van der Waals surface area contributed by atoms with Crippen LogP contribution in [-0.4, -0.2) is 20.1 Å². The molecule has 6 heteroatoms. The summed E-state index contributed by atoms with van der Waals surface area (Å²) in [6.07, 6.45) is 3.28. The minimum absolute atomic E-state index is 0.237. The van der Waals surface area contributed by atoms with Crippen LogP contribution in [0.5, 0.6) is 0 Å². The van der Waals surface area contributed by atoms with Gasteiger partial charge in [0, 0.05) is 12.7 Å². The topological polar surface area (TPSA) is 68.4 Å². The van der Waals surface area contributed by atoms with Crippen molar-refractivity contribution in [1.82, 2.24) is 19.5 Å². The lowest BCUT2D eigenvalue weighted by Gasteiger charge is -2.15. The van der Waals surface area contributed by atoms with Crippen molar-refractivity contribution >= 4 is 11.4 Å². The number of hydrogen-bond acceptors (Lipinski definition) is 3. The Morgan fingerprint density at radius 2 is 2.04 bits per heavy atom. The molecule has 1 amide bonds. The predicted octanol–water partition coefficient (Wildman–Crippen LogP) is 1.68. The number of benzene rings is 1. The van der Waals surface area contributed by atoms with Gasteiger partial charge in [0.15, 0.2) is 0 Å². The van der Waals surface area contributed by atoms with E-state index in [1.807, 2.05) is 31.2 Å². The molecule has 0 fully saturated rings. The van der Waals surface area contributed by atoms with E-state index in [2.05, 4.69) is 10.4 Å². The molecule has 0 spiro atoms. The zero-order valence-electron chi connectivity index (χ0n) is 13.1. The number of amides is 1. The monoisotopic (exact) mass is 310 g/mol. The fourth-order valence-electron chi connectivity index (χ4n) is 2.48. The molecule has 118 valence electrons. The lowest BCUT2D eigenvalue weighted by atomic mass is 10.1. The number of aromatic nitrogens is 3. The van der Waals surface area contributed by atoms with Gasteiger partial charge in [-0.1, -0.05) is 24.3 Å². The number of rotatable bonds is 4. The molecule has 0 aliphatic rings. The van der Waals surface area contributed by atoms with Crippen LogP contribution in [0.1, 0.15) is 24.1 Å². The van der Waals surface area contributed by atoms with Gasteiger partial charge in [0.05, 0.1) is 0 Å². The standard InChI is InChI=1S/C17H18N4O2/c1-12-6-3-4-7-14(12)10-18-16(22)13(2)21-17(23)15-8-5-9-20(15)11-19-21/h3-9,11,13H,10H2,1-2H3,(H,18,22). The van der Waals surface area contributed by atoms with Gasteiger partial charge in [-0.2, -0.15) is 5.10 Å². The van der Waals surface area contributed by atoms with E-state index in [-0.39, 0.29) is 11.5 Å². The van der Waals surface area contributed by atoms with Gasteiger partial charge in [-0.3, -0.25) is 9.59 Å². The average molecular weight is 310 g/mol. The normalized spacial score (nSPS) is 12.3. The predicted molar refractivity (Wildman–Crippen MR) is 87.2 cm³/mol. The smallest absolute Gasteiger partial charge is 0.291 e. The highest BCUT2D eigenvalue weighted by Crippen LogP contribution is 2.08. The number of carbonyl (C=O) groups excluding carboxylic acids is 1. The fourth-order valence-corrected chi connectivity index (χ4v) is 2.48. The number of nitrogens with zero attached hydrogens (tertiary/aromatic N) is 3. The Kier molecular flexibility index (Phi) is 3.97. The summed E-state index contributed by atoms with van der Waals surface area (Å²) in [4.78, 5) is 24.7. The third-order valence-electron chi connectivity index (χ3n) is 3.97. The Morgan fingerprint density at radius 3 is 2.83 bits per heavy atom. The SMILES string of the molecule is Cc1ccccc1CNC(=O)C(C)n1ncn2cccc2c1=O. The van der Waals surface area contributed by atoms with Gasteiger partial charge < -0.3 is 9.72 Å². The third-order valence-corrected chi connectivity index (χ3v) is 3.97. The minimum atomic E-state index is -0.675. The summed E-state index contributed by atoms with van der Waals surface area (Å²) in [6, 6.07) is 10.7. The molecular weight excluding hydrogens is 292 g/mol. The van der Waals surface area contributed by atoms with E-state index in [0.29, 0.717) is 12.1 Å². The molecule has 0 aliphatic carbocycles. The molecule has 0 saturated carbocycles. The summed E-state index contributed by atoms with van der Waals surface area (Å²) in [7, 11) is 0. The van der Waals surface area contributed by atoms with Crippen LogP contribution < -0.4 is 10.9 Å². The summed E-state index contributed by atoms with van der Waals surface area (Å²) in [5.74, 6) is -0.237. The molecule has 0 bridgehead atoms. The van der Waals surface area contributed by atoms with Crippen molar-refractivity contribution in [2.24, 2.45) is 0 Å². The zero-order chi connectivity index (χ0) is 16.4. The van der Waals surface area contributed by atoms with Gasteiger partial charge in [-0.25, -0.2) is 4.68 Å². The first-order chi connectivity index (χ1) is 11.1. The second-order valence-electron chi connectivity index (χ2n) is 5.50. The van der Waals surface area contributed by atoms with Crippen LogP contribution in [0.15, 0.2) is 53.7 Å². The molecule has 6 nitrogen and oxygen atoms in total. The molecule has 2 heterocycles. The van der Waals surface area contributed by atoms with Crippen molar-refractivity contribution < 1.29 is 4.79 Å². The van der Waals surface area contributed by atoms with Gasteiger partial charge in [-0.15, -0.1) is 0 Å². The number of fused-ring (bicyclic) bond motifs is 1. The van der Waals surface area contributed by atoms with Crippen LogP contribution in [0.2, 0.25) is 0 Å². The van der Waals surface area contributed by atoms with Crippen molar-refractivity contribution in [2.45, 2.75) is 26.4 Å². The molecule has 3 aromatic rings. The molecule has 0 saturated heterocycles. The van der Waals surface area contributed by atoms with Crippen LogP contribution in [0.25, 0.3) is 5.52 Å². The number of nitrogens with one attached hydrogen (secondary N) is 1. The molecule has 1 unspecified atom stereocenters. The largest absolute Gasteiger partial charge is 0.350 e. The van der Waals surface area contributed by atoms with E-state index in [1.54, 1.807) is 29.7 Å². The lowest BCUT2D eigenvalue weighted by molar-refractivity contribution is -0.124. The van der Waals surface area contributed by atoms with Crippen LogP contribution in [-0.2, 0) is 11.3 Å². The maximum Gasteiger partial charge on any atom is 0.291 e. The summed E-state index contributed by atoms with van der Waals surface area (Å²) in [6.45, 7) is 4.09. The molecule has 0 radical (unpaired) electrons. The van der Waals surface area contributed by atoms with E-state index in [9.17, 15) is 9.59 Å². The second kappa shape index (κ2) is 6.08. The zero-order valence-corrected chi connectivity index (χ0v) is 13.1. The molecule has 2 aromatic heterocycles. The highest BCUT2D eigenvalue weighted by Gasteiger charge is 2.18. The van der Waals surface area contributed by atoms with Gasteiger partial charge in [0.1, 0.15) is 17.9 Å². The Balaban J connectivity index is 1.77. The van der Waals surface area contributed by atoms with Crippen LogP contribution in [0.3, 0.4) is 0 Å². The minimum Gasteiger partial charge on any atom is -0.350 e. The molecule has 0 aliphatic heterocycles. The van der Waals surface area contributed by atoms with Crippen molar-refractivity contribution in [1.29, 1.82) is 0 Å². The fraction of sp³-hybridized carbons (Fsp3) is 0.235. The van der Waals surface area contributed by atoms with Crippen LogP contribution in [0, 0.1) is 6.92 Å². The quantitative estimate of drug-likeness (QED) is 0.797. The highest BCUT2D eigenvalue weighted by molar-refractivity contribution is 5.79. The van der Waals surface area contributed by atoms with Crippen molar-refractivity contribution in [2.75, 3.05) is 0 Å². The number of hydrogen-bond donors (Lipinski definition) is 1. The van der Waals surface area contributed by atoms with Crippen molar-refractivity contribution in [3.8, 4) is 0 Å². The Hall–Kier alpha value is -2.89. The summed E-state index contributed by atoms with van der Waals surface area (Å²) in [5, 5.41) is 6.94. The van der Waals surface area contributed by atoms with Crippen molar-refractivity contribution in [3.63, 3.8) is 0 Å². The summed E-state index contributed by atoms with van der Waals surface area (Å²) in [5.41, 5.74) is 2.38. The molecule has 1 aromatic carbocycles. The first-order valence-electron chi connectivity index (χ1n) is 7.44. The Morgan fingerprint density at radius 1 is 1.26 bits per heavy atom. The first-order valence-corrected chi connectivity index (χ1v) is 7.44. The third kappa shape index (κ3) is 2.88. The molecular formula is C17H18N4O2. The van der Waals surface area contributed by atoms with E-state index in [0.717, 1.165) is 11.1 Å². The Bertz CT molecular complexity index is 910. The number of aryl methyl sites for hydroxylation is 1. The van der Waals surface area contributed by atoms with Crippen LogP contribution >= 0.6 is 0 Å². The second-order valence-corrected chi connectivity index (χ2v) is 5.50. The van der Waals surface area contributed by atoms with Gasteiger partial charge in [0.25, 0.3) is 5.56 Å². The maximum atomic E-state index is 12.4. The number of carbonyl (C=O) groups is 1. The van der Waals surface area contributed by atoms with Gasteiger partial charge in [0.2, 0.25) is 5.91 Å². The molecule has 1 N–H and O–H groups in total. The molecule has 1 atom stereocenters. The molecule has 3 rings (SSSR count). The maximum absolute atomic E-state index is 12.4. The average Bonchev–Trinajstić information content (AvgIpc) is 3.03. The Labute approximate surface area is 133 Å². The van der Waals surface area contributed by atoms with Crippen LogP contribution in [0.4, 0.5) is 0 Å². The lowest BCUT2D eigenvalue weighted by Crippen LogP contribution is -2.37. The van der Waals surface area contributed by atoms with Gasteiger partial charge >= 0.3 is 0 Å². The summed E-state index contributed by atoms with van der Waals surface area (Å²) >= 11 is 0.